The summed E-state index contributed by atoms with van der Waals surface area (Å²) in [7, 11) is 1.84. The van der Waals surface area contributed by atoms with Crippen molar-refractivity contribution in [1.29, 1.82) is 0 Å². The number of hydrogen-bond donors (Lipinski definition) is 1. The molecule has 0 heterocycles. The van der Waals surface area contributed by atoms with Gasteiger partial charge in [0.1, 0.15) is 5.75 Å². The molecule has 2 nitrogen and oxygen atoms in total. The Balaban J connectivity index is 2.30. The van der Waals surface area contributed by atoms with Crippen LogP contribution in [0.25, 0.3) is 0 Å². The third kappa shape index (κ3) is 1.95. The van der Waals surface area contributed by atoms with Gasteiger partial charge in [-0.1, -0.05) is 18.2 Å². The van der Waals surface area contributed by atoms with E-state index in [-0.39, 0.29) is 11.3 Å². The van der Waals surface area contributed by atoms with Gasteiger partial charge in [0.2, 0.25) is 0 Å². The fraction of sp³-hybridized carbons (Fsp3) is 0.455. The minimum atomic E-state index is -2.76. The van der Waals surface area contributed by atoms with Crippen LogP contribution in [-0.2, 0) is 5.54 Å². The van der Waals surface area contributed by atoms with Gasteiger partial charge in [-0.2, -0.15) is 8.78 Å². The molecule has 0 radical (unpaired) electrons. The number of alkyl halides is 2. The molecule has 2 rings (SSSR count). The van der Waals surface area contributed by atoms with E-state index in [1.807, 2.05) is 19.2 Å². The first-order chi connectivity index (χ1) is 7.18. The Hall–Kier alpha value is -1.16. The molecule has 1 aromatic rings. The monoisotopic (exact) mass is 213 g/mol. The van der Waals surface area contributed by atoms with E-state index in [1.54, 1.807) is 12.1 Å². The van der Waals surface area contributed by atoms with Crippen LogP contribution in [0.3, 0.4) is 0 Å². The largest absolute Gasteiger partial charge is 0.434 e. The standard InChI is InChI=1S/C11H13F2NO/c1-14-11(6-7-11)8-4-2-3-5-9(8)15-10(12)13/h2-5,10,14H,6-7H2,1H3. The second-order valence-electron chi connectivity index (χ2n) is 3.71. The van der Waals surface area contributed by atoms with Crippen molar-refractivity contribution >= 4 is 0 Å². The highest BCUT2D eigenvalue weighted by atomic mass is 19.3. The third-order valence-corrected chi connectivity index (χ3v) is 2.85. The summed E-state index contributed by atoms with van der Waals surface area (Å²) >= 11 is 0. The molecule has 0 aliphatic heterocycles. The van der Waals surface area contributed by atoms with Gasteiger partial charge in [0, 0.05) is 11.1 Å². The fourth-order valence-corrected chi connectivity index (χ4v) is 1.84. The van der Waals surface area contributed by atoms with Gasteiger partial charge >= 0.3 is 6.61 Å². The van der Waals surface area contributed by atoms with Crippen LogP contribution in [-0.4, -0.2) is 13.7 Å². The number of hydrogen-bond acceptors (Lipinski definition) is 2. The summed E-state index contributed by atoms with van der Waals surface area (Å²) in [6.07, 6.45) is 1.93. The van der Waals surface area contributed by atoms with Gasteiger partial charge in [0.25, 0.3) is 0 Å². The van der Waals surface area contributed by atoms with Gasteiger partial charge in [-0.25, -0.2) is 0 Å². The number of rotatable bonds is 4. The molecule has 1 saturated carbocycles. The number of para-hydroxylation sites is 1. The lowest BCUT2D eigenvalue weighted by atomic mass is 10.0. The van der Waals surface area contributed by atoms with Crippen LogP contribution in [0.1, 0.15) is 18.4 Å². The first kappa shape index (κ1) is 10.4. The SMILES string of the molecule is CNC1(c2ccccc2OC(F)F)CC1. The lowest BCUT2D eigenvalue weighted by Gasteiger charge is -2.18. The highest BCUT2D eigenvalue weighted by Crippen LogP contribution is 2.48. The van der Waals surface area contributed by atoms with Crippen molar-refractivity contribution in [2.75, 3.05) is 7.05 Å². The summed E-state index contributed by atoms with van der Waals surface area (Å²) in [4.78, 5) is 0. The van der Waals surface area contributed by atoms with Crippen LogP contribution in [0, 0.1) is 0 Å². The molecule has 82 valence electrons. The number of halogens is 2. The lowest BCUT2D eigenvalue weighted by molar-refractivity contribution is -0.0508. The molecule has 1 fully saturated rings. The maximum absolute atomic E-state index is 12.2. The number of nitrogens with one attached hydrogen (secondary N) is 1. The normalized spacial score (nSPS) is 17.9. The zero-order valence-corrected chi connectivity index (χ0v) is 8.47. The van der Waals surface area contributed by atoms with E-state index in [1.165, 1.54) is 0 Å². The smallest absolute Gasteiger partial charge is 0.387 e. The van der Waals surface area contributed by atoms with Crippen molar-refractivity contribution in [1.82, 2.24) is 5.32 Å². The molecule has 0 aromatic heterocycles. The molecule has 1 aliphatic rings. The molecule has 0 saturated heterocycles. The van der Waals surface area contributed by atoms with Crippen molar-refractivity contribution in [2.24, 2.45) is 0 Å². The lowest BCUT2D eigenvalue weighted by Crippen LogP contribution is -2.25. The Morgan fingerprint density at radius 3 is 2.53 bits per heavy atom. The maximum Gasteiger partial charge on any atom is 0.387 e. The minimum absolute atomic E-state index is 0.147. The summed E-state index contributed by atoms with van der Waals surface area (Å²) in [5.41, 5.74) is 0.679. The van der Waals surface area contributed by atoms with Crippen molar-refractivity contribution in [2.45, 2.75) is 25.0 Å². The van der Waals surface area contributed by atoms with Crippen LogP contribution in [0.2, 0.25) is 0 Å². The molecular weight excluding hydrogens is 200 g/mol. The molecule has 1 aromatic carbocycles. The Kier molecular flexibility index (Phi) is 2.61. The van der Waals surface area contributed by atoms with E-state index < -0.39 is 6.61 Å². The zero-order valence-electron chi connectivity index (χ0n) is 8.47. The fourth-order valence-electron chi connectivity index (χ4n) is 1.84. The Morgan fingerprint density at radius 2 is 2.00 bits per heavy atom. The molecule has 1 N–H and O–H groups in total. The van der Waals surface area contributed by atoms with Gasteiger partial charge in [0.05, 0.1) is 0 Å². The van der Waals surface area contributed by atoms with E-state index in [4.69, 9.17) is 0 Å². The molecule has 1 aliphatic carbocycles. The van der Waals surface area contributed by atoms with Gasteiger partial charge in [-0.05, 0) is 26.0 Å². The third-order valence-electron chi connectivity index (χ3n) is 2.85. The Morgan fingerprint density at radius 1 is 1.33 bits per heavy atom. The quantitative estimate of drug-likeness (QED) is 0.829. The Bertz CT molecular complexity index is 350. The molecule has 0 bridgehead atoms. The van der Waals surface area contributed by atoms with Crippen LogP contribution in [0.5, 0.6) is 5.75 Å². The van der Waals surface area contributed by atoms with Gasteiger partial charge in [-0.3, -0.25) is 0 Å². The second kappa shape index (κ2) is 3.77. The Labute approximate surface area is 87.2 Å². The predicted octanol–water partition coefficient (Wildman–Crippen LogP) is 2.50. The summed E-state index contributed by atoms with van der Waals surface area (Å²) in [5.74, 6) is 0.277. The van der Waals surface area contributed by atoms with E-state index in [0.717, 1.165) is 18.4 Å². The molecule has 15 heavy (non-hydrogen) atoms. The molecule has 0 amide bonds. The van der Waals surface area contributed by atoms with Gasteiger partial charge in [-0.15, -0.1) is 0 Å². The number of ether oxygens (including phenoxy) is 1. The van der Waals surface area contributed by atoms with E-state index in [0.29, 0.717) is 0 Å². The van der Waals surface area contributed by atoms with Crippen molar-refractivity contribution in [3.8, 4) is 5.75 Å². The van der Waals surface area contributed by atoms with Crippen LogP contribution in [0.4, 0.5) is 8.78 Å². The van der Waals surface area contributed by atoms with Crippen LogP contribution >= 0.6 is 0 Å². The first-order valence-corrected chi connectivity index (χ1v) is 4.91. The van der Waals surface area contributed by atoms with Crippen molar-refractivity contribution < 1.29 is 13.5 Å². The average molecular weight is 213 g/mol. The number of benzene rings is 1. The minimum Gasteiger partial charge on any atom is -0.434 e. The maximum atomic E-state index is 12.2. The van der Waals surface area contributed by atoms with Crippen LogP contribution in [0.15, 0.2) is 24.3 Å². The highest BCUT2D eigenvalue weighted by Gasteiger charge is 2.44. The summed E-state index contributed by atoms with van der Waals surface area (Å²) in [6.45, 7) is -2.76. The van der Waals surface area contributed by atoms with E-state index in [2.05, 4.69) is 10.1 Å². The van der Waals surface area contributed by atoms with E-state index >= 15 is 0 Å². The van der Waals surface area contributed by atoms with Crippen molar-refractivity contribution in [3.05, 3.63) is 29.8 Å². The molecule has 0 spiro atoms. The first-order valence-electron chi connectivity index (χ1n) is 4.91. The topological polar surface area (TPSA) is 21.3 Å². The second-order valence-corrected chi connectivity index (χ2v) is 3.71. The van der Waals surface area contributed by atoms with E-state index in [9.17, 15) is 8.78 Å². The molecule has 4 heteroatoms. The van der Waals surface area contributed by atoms with Crippen molar-refractivity contribution in [3.63, 3.8) is 0 Å². The molecule has 0 unspecified atom stereocenters. The van der Waals surface area contributed by atoms with Gasteiger partial charge in [0.15, 0.2) is 0 Å². The summed E-state index contributed by atoms with van der Waals surface area (Å²) in [6, 6.07) is 6.96. The molecule has 0 atom stereocenters. The average Bonchev–Trinajstić information content (AvgIpc) is 2.98. The zero-order chi connectivity index (χ0) is 10.9. The molecular formula is C11H13F2NO. The predicted molar refractivity (Wildman–Crippen MR) is 53.0 cm³/mol. The van der Waals surface area contributed by atoms with Crippen LogP contribution < -0.4 is 10.1 Å². The summed E-state index contributed by atoms with van der Waals surface area (Å²) < 4.78 is 28.8. The summed E-state index contributed by atoms with van der Waals surface area (Å²) in [5, 5.41) is 3.16. The van der Waals surface area contributed by atoms with Gasteiger partial charge < -0.3 is 10.1 Å². The highest BCUT2D eigenvalue weighted by molar-refractivity contribution is 5.42.